The zero-order valence-electron chi connectivity index (χ0n) is 10.7. The highest BCUT2D eigenvalue weighted by atomic mass is 79.9. The van der Waals surface area contributed by atoms with Crippen LogP contribution in [0.4, 0.5) is 10.1 Å². The van der Waals surface area contributed by atoms with Gasteiger partial charge in [0.1, 0.15) is 18.2 Å². The fourth-order valence-electron chi connectivity index (χ4n) is 1.73. The summed E-state index contributed by atoms with van der Waals surface area (Å²) in [6.45, 7) is 0.0778. The third-order valence-corrected chi connectivity index (χ3v) is 3.76. The topological polar surface area (TPSA) is 52.4 Å². The molecule has 0 aliphatic carbocycles. The first-order valence-electron chi connectivity index (χ1n) is 5.91. The van der Waals surface area contributed by atoms with Crippen LogP contribution in [0.1, 0.15) is 11.1 Å². The van der Waals surface area contributed by atoms with Crippen molar-refractivity contribution in [3.05, 3.63) is 68.5 Å². The predicted octanol–water partition coefficient (Wildman–Crippen LogP) is 4.86. The number of nitro groups is 1. The molecule has 0 heterocycles. The molecule has 21 heavy (non-hydrogen) atoms. The Morgan fingerprint density at radius 1 is 1.24 bits per heavy atom. The van der Waals surface area contributed by atoms with Crippen LogP contribution in [0.5, 0.6) is 5.75 Å². The summed E-state index contributed by atoms with van der Waals surface area (Å²) in [6.07, 6.45) is 0. The van der Waals surface area contributed by atoms with Gasteiger partial charge in [0.2, 0.25) is 0 Å². The van der Waals surface area contributed by atoms with Crippen molar-refractivity contribution in [1.29, 1.82) is 0 Å². The van der Waals surface area contributed by atoms with E-state index in [9.17, 15) is 14.5 Å². The molecule has 0 spiro atoms. The van der Waals surface area contributed by atoms with Gasteiger partial charge < -0.3 is 4.74 Å². The molecule has 0 saturated heterocycles. The largest absolute Gasteiger partial charge is 0.489 e. The molecule has 0 amide bonds. The molecule has 0 unspecified atom stereocenters. The van der Waals surface area contributed by atoms with E-state index in [4.69, 9.17) is 16.3 Å². The minimum atomic E-state index is -0.473. The Morgan fingerprint density at radius 3 is 2.67 bits per heavy atom. The van der Waals surface area contributed by atoms with Crippen molar-refractivity contribution in [3.8, 4) is 5.75 Å². The van der Waals surface area contributed by atoms with Gasteiger partial charge in [-0.25, -0.2) is 4.39 Å². The summed E-state index contributed by atoms with van der Waals surface area (Å²) < 4.78 is 18.7. The number of nitro benzene ring substituents is 1. The molecule has 2 aromatic rings. The summed E-state index contributed by atoms with van der Waals surface area (Å²) in [6, 6.07) is 8.31. The van der Waals surface area contributed by atoms with E-state index in [1.54, 1.807) is 0 Å². The van der Waals surface area contributed by atoms with Crippen LogP contribution in [0.2, 0.25) is 5.02 Å². The van der Waals surface area contributed by atoms with Gasteiger partial charge in [-0.15, -0.1) is 0 Å². The summed E-state index contributed by atoms with van der Waals surface area (Å²) in [5, 5.41) is 11.5. The highest BCUT2D eigenvalue weighted by Crippen LogP contribution is 2.28. The van der Waals surface area contributed by atoms with Gasteiger partial charge in [0.15, 0.2) is 0 Å². The zero-order chi connectivity index (χ0) is 15.4. The average molecular weight is 375 g/mol. The molecule has 0 N–H and O–H groups in total. The van der Waals surface area contributed by atoms with E-state index >= 15 is 0 Å². The van der Waals surface area contributed by atoms with E-state index in [2.05, 4.69) is 15.9 Å². The molecule has 0 aliphatic rings. The smallest absolute Gasteiger partial charge is 0.270 e. The van der Waals surface area contributed by atoms with Gasteiger partial charge in [-0.2, -0.15) is 0 Å². The number of halogens is 3. The Bertz CT molecular complexity index is 681. The van der Waals surface area contributed by atoms with Crippen molar-refractivity contribution in [2.75, 3.05) is 0 Å². The van der Waals surface area contributed by atoms with E-state index in [0.29, 0.717) is 27.2 Å². The molecule has 2 aromatic carbocycles. The van der Waals surface area contributed by atoms with E-state index in [1.807, 2.05) is 0 Å². The Balaban J connectivity index is 2.19. The second-order valence-corrected chi connectivity index (χ2v) is 5.18. The Labute approximate surface area is 133 Å². The van der Waals surface area contributed by atoms with Gasteiger partial charge in [-0.3, -0.25) is 10.1 Å². The Hall–Kier alpha value is -1.66. The lowest BCUT2D eigenvalue weighted by Gasteiger charge is -2.11. The van der Waals surface area contributed by atoms with Crippen molar-refractivity contribution in [2.24, 2.45) is 0 Å². The monoisotopic (exact) mass is 373 g/mol. The Morgan fingerprint density at radius 2 is 2.00 bits per heavy atom. The SMILES string of the molecule is O=[N+]([O-])c1ccc(OCc2cc(F)ccc2Cl)c(CBr)c1. The maximum Gasteiger partial charge on any atom is 0.270 e. The number of hydrogen-bond donors (Lipinski definition) is 0. The highest BCUT2D eigenvalue weighted by molar-refractivity contribution is 9.08. The molecule has 0 aliphatic heterocycles. The van der Waals surface area contributed by atoms with Crippen LogP contribution in [-0.4, -0.2) is 4.92 Å². The van der Waals surface area contributed by atoms with Crippen molar-refractivity contribution >= 4 is 33.2 Å². The molecule has 0 aromatic heterocycles. The number of ether oxygens (including phenoxy) is 1. The standard InChI is InChI=1S/C14H10BrClFNO3/c15-7-9-6-12(18(19)20)2-4-14(9)21-8-10-5-11(17)1-3-13(10)16/h1-6H,7-8H2. The quantitative estimate of drug-likeness (QED) is 0.426. The van der Waals surface area contributed by atoms with Gasteiger partial charge in [-0.05, 0) is 24.3 Å². The Kier molecular flexibility index (Phi) is 5.14. The second-order valence-electron chi connectivity index (χ2n) is 4.21. The summed E-state index contributed by atoms with van der Waals surface area (Å²) in [5.74, 6) is 0.0835. The average Bonchev–Trinajstić information content (AvgIpc) is 2.47. The molecule has 0 fully saturated rings. The predicted molar refractivity (Wildman–Crippen MR) is 81.5 cm³/mol. The fourth-order valence-corrected chi connectivity index (χ4v) is 2.34. The normalized spacial score (nSPS) is 10.4. The van der Waals surface area contributed by atoms with Crippen LogP contribution in [0.25, 0.3) is 0 Å². The minimum Gasteiger partial charge on any atom is -0.489 e. The first kappa shape index (κ1) is 15.7. The molecule has 0 radical (unpaired) electrons. The maximum atomic E-state index is 13.2. The molecule has 0 saturated carbocycles. The van der Waals surface area contributed by atoms with Crippen LogP contribution < -0.4 is 4.74 Å². The second kappa shape index (κ2) is 6.87. The molecule has 110 valence electrons. The van der Waals surface area contributed by atoms with Crippen LogP contribution in [-0.2, 0) is 11.9 Å². The number of benzene rings is 2. The summed E-state index contributed by atoms with van der Waals surface area (Å²) in [7, 11) is 0. The fraction of sp³-hybridized carbons (Fsp3) is 0.143. The molecular formula is C14H10BrClFNO3. The van der Waals surface area contributed by atoms with Crippen molar-refractivity contribution in [3.63, 3.8) is 0 Å². The number of non-ortho nitro benzene ring substituents is 1. The molecular weight excluding hydrogens is 365 g/mol. The molecule has 0 bridgehead atoms. The summed E-state index contributed by atoms with van der Waals surface area (Å²) >= 11 is 9.21. The van der Waals surface area contributed by atoms with Gasteiger partial charge in [-0.1, -0.05) is 27.5 Å². The van der Waals surface area contributed by atoms with E-state index in [1.165, 1.54) is 36.4 Å². The first-order valence-corrected chi connectivity index (χ1v) is 7.41. The molecule has 2 rings (SSSR count). The van der Waals surface area contributed by atoms with E-state index < -0.39 is 10.7 Å². The lowest BCUT2D eigenvalue weighted by Crippen LogP contribution is -2.00. The minimum absolute atomic E-state index is 0.0133. The third-order valence-electron chi connectivity index (χ3n) is 2.79. The number of rotatable bonds is 5. The maximum absolute atomic E-state index is 13.2. The van der Waals surface area contributed by atoms with E-state index in [-0.39, 0.29) is 12.3 Å². The van der Waals surface area contributed by atoms with Crippen molar-refractivity contribution in [2.45, 2.75) is 11.9 Å². The van der Waals surface area contributed by atoms with Gasteiger partial charge >= 0.3 is 0 Å². The van der Waals surface area contributed by atoms with Crippen LogP contribution >= 0.6 is 27.5 Å². The van der Waals surface area contributed by atoms with Crippen LogP contribution in [0.3, 0.4) is 0 Å². The number of nitrogens with zero attached hydrogens (tertiary/aromatic N) is 1. The van der Waals surface area contributed by atoms with Crippen molar-refractivity contribution < 1.29 is 14.1 Å². The lowest BCUT2D eigenvalue weighted by atomic mass is 10.2. The zero-order valence-corrected chi connectivity index (χ0v) is 13.0. The van der Waals surface area contributed by atoms with E-state index in [0.717, 1.165) is 0 Å². The van der Waals surface area contributed by atoms with Gasteiger partial charge in [0.05, 0.1) is 4.92 Å². The molecule has 7 heteroatoms. The number of hydrogen-bond acceptors (Lipinski definition) is 3. The number of alkyl halides is 1. The highest BCUT2D eigenvalue weighted by Gasteiger charge is 2.12. The van der Waals surface area contributed by atoms with Crippen molar-refractivity contribution in [1.82, 2.24) is 0 Å². The third kappa shape index (κ3) is 3.92. The molecule has 4 nitrogen and oxygen atoms in total. The van der Waals surface area contributed by atoms with Gasteiger partial charge in [0, 0.05) is 33.6 Å². The van der Waals surface area contributed by atoms with Gasteiger partial charge in [0.25, 0.3) is 5.69 Å². The summed E-state index contributed by atoms with van der Waals surface area (Å²) in [4.78, 5) is 10.3. The lowest BCUT2D eigenvalue weighted by molar-refractivity contribution is -0.384. The molecule has 0 atom stereocenters. The first-order chi connectivity index (χ1) is 10.0. The van der Waals surface area contributed by atoms with Crippen LogP contribution in [0.15, 0.2) is 36.4 Å². The van der Waals surface area contributed by atoms with Crippen LogP contribution in [0, 0.1) is 15.9 Å². The summed E-state index contributed by atoms with van der Waals surface area (Å²) in [5.41, 5.74) is 1.13.